The molecule has 0 saturated heterocycles. The third-order valence-corrected chi connectivity index (χ3v) is 3.49. The summed E-state index contributed by atoms with van der Waals surface area (Å²) < 4.78 is 0. The Bertz CT molecular complexity index is 366. The molecule has 0 bridgehead atoms. The van der Waals surface area contributed by atoms with E-state index in [1.54, 1.807) is 7.05 Å². The summed E-state index contributed by atoms with van der Waals surface area (Å²) >= 11 is 0. The summed E-state index contributed by atoms with van der Waals surface area (Å²) in [4.78, 5) is 11.6. The van der Waals surface area contributed by atoms with Crippen LogP contribution in [0.15, 0.2) is 24.3 Å². The van der Waals surface area contributed by atoms with Crippen LogP contribution in [0.5, 0.6) is 0 Å². The van der Waals surface area contributed by atoms with Crippen molar-refractivity contribution in [3.8, 4) is 0 Å². The molecule has 0 unspecified atom stereocenters. The SMILES string of the molecule is CNNC(=O)c1ccc(C2CCCCC2)cc1. The fourth-order valence-corrected chi connectivity index (χ4v) is 2.53. The van der Waals surface area contributed by atoms with Crippen LogP contribution in [0.2, 0.25) is 0 Å². The second-order valence-electron chi connectivity index (χ2n) is 4.66. The van der Waals surface area contributed by atoms with E-state index in [1.807, 2.05) is 12.1 Å². The number of hydrazine groups is 1. The van der Waals surface area contributed by atoms with Crippen molar-refractivity contribution in [3.63, 3.8) is 0 Å². The summed E-state index contributed by atoms with van der Waals surface area (Å²) in [5, 5.41) is 0. The summed E-state index contributed by atoms with van der Waals surface area (Å²) in [6.45, 7) is 0. The summed E-state index contributed by atoms with van der Waals surface area (Å²) in [6.07, 6.45) is 6.64. The van der Waals surface area contributed by atoms with Gasteiger partial charge in [0.05, 0.1) is 0 Å². The first-order valence-electron chi connectivity index (χ1n) is 6.38. The number of nitrogens with one attached hydrogen (secondary N) is 2. The maximum atomic E-state index is 11.6. The van der Waals surface area contributed by atoms with Crippen molar-refractivity contribution in [2.45, 2.75) is 38.0 Å². The normalized spacial score (nSPS) is 16.8. The second-order valence-corrected chi connectivity index (χ2v) is 4.66. The van der Waals surface area contributed by atoms with Gasteiger partial charge in [0.1, 0.15) is 0 Å². The van der Waals surface area contributed by atoms with Crippen LogP contribution >= 0.6 is 0 Å². The predicted molar refractivity (Wildman–Crippen MR) is 68.8 cm³/mol. The molecule has 1 amide bonds. The number of hydrogen-bond donors (Lipinski definition) is 2. The van der Waals surface area contributed by atoms with E-state index in [2.05, 4.69) is 23.0 Å². The number of rotatable bonds is 3. The van der Waals surface area contributed by atoms with E-state index in [1.165, 1.54) is 37.7 Å². The Morgan fingerprint density at radius 3 is 2.35 bits per heavy atom. The Balaban J connectivity index is 2.04. The van der Waals surface area contributed by atoms with Crippen molar-refractivity contribution >= 4 is 5.91 Å². The van der Waals surface area contributed by atoms with Crippen molar-refractivity contribution in [1.29, 1.82) is 0 Å². The minimum atomic E-state index is -0.0808. The number of benzene rings is 1. The molecule has 2 N–H and O–H groups in total. The number of carbonyl (C=O) groups excluding carboxylic acids is 1. The largest absolute Gasteiger partial charge is 0.288 e. The lowest BCUT2D eigenvalue weighted by Gasteiger charge is -2.22. The van der Waals surface area contributed by atoms with E-state index < -0.39 is 0 Å². The van der Waals surface area contributed by atoms with Crippen LogP contribution in [0.1, 0.15) is 53.9 Å². The van der Waals surface area contributed by atoms with Gasteiger partial charge >= 0.3 is 0 Å². The van der Waals surface area contributed by atoms with Crippen molar-refractivity contribution in [1.82, 2.24) is 10.9 Å². The molecule has 0 aliphatic heterocycles. The van der Waals surface area contributed by atoms with Gasteiger partial charge in [-0.15, -0.1) is 0 Å². The smallest absolute Gasteiger partial charge is 0.265 e. The molecule has 0 radical (unpaired) electrons. The van der Waals surface area contributed by atoms with Gasteiger partial charge < -0.3 is 0 Å². The van der Waals surface area contributed by atoms with Crippen LogP contribution in [-0.4, -0.2) is 13.0 Å². The van der Waals surface area contributed by atoms with Crippen molar-refractivity contribution in [3.05, 3.63) is 35.4 Å². The van der Waals surface area contributed by atoms with Gasteiger partial charge in [0.2, 0.25) is 0 Å². The highest BCUT2D eigenvalue weighted by molar-refractivity contribution is 5.93. The van der Waals surface area contributed by atoms with Crippen LogP contribution in [0.3, 0.4) is 0 Å². The van der Waals surface area contributed by atoms with E-state index in [0.717, 1.165) is 0 Å². The molecule has 1 aromatic carbocycles. The Morgan fingerprint density at radius 1 is 1.12 bits per heavy atom. The van der Waals surface area contributed by atoms with Gasteiger partial charge in [-0.1, -0.05) is 31.4 Å². The second kappa shape index (κ2) is 5.82. The number of amides is 1. The molecular weight excluding hydrogens is 212 g/mol. The first-order valence-corrected chi connectivity index (χ1v) is 6.38. The first-order chi connectivity index (χ1) is 8.31. The molecule has 92 valence electrons. The summed E-state index contributed by atoms with van der Waals surface area (Å²) in [5.74, 6) is 0.618. The minimum Gasteiger partial charge on any atom is -0.288 e. The zero-order valence-corrected chi connectivity index (χ0v) is 10.3. The Kier molecular flexibility index (Phi) is 4.15. The third-order valence-electron chi connectivity index (χ3n) is 3.49. The lowest BCUT2D eigenvalue weighted by Crippen LogP contribution is -2.34. The summed E-state index contributed by atoms with van der Waals surface area (Å²) in [7, 11) is 1.69. The molecule has 1 fully saturated rings. The van der Waals surface area contributed by atoms with Crippen LogP contribution < -0.4 is 10.9 Å². The monoisotopic (exact) mass is 232 g/mol. The zero-order valence-electron chi connectivity index (χ0n) is 10.3. The maximum absolute atomic E-state index is 11.6. The molecular formula is C14H20N2O. The molecule has 3 nitrogen and oxygen atoms in total. The van der Waals surface area contributed by atoms with E-state index in [9.17, 15) is 4.79 Å². The average Bonchev–Trinajstić information content (AvgIpc) is 2.40. The van der Waals surface area contributed by atoms with E-state index in [-0.39, 0.29) is 5.91 Å². The van der Waals surface area contributed by atoms with Crippen molar-refractivity contribution < 1.29 is 4.79 Å². The molecule has 1 aliphatic carbocycles. The van der Waals surface area contributed by atoms with Crippen LogP contribution in [0.25, 0.3) is 0 Å². The molecule has 1 saturated carbocycles. The average molecular weight is 232 g/mol. The van der Waals surface area contributed by atoms with Crippen LogP contribution in [0, 0.1) is 0 Å². The van der Waals surface area contributed by atoms with Crippen LogP contribution in [0.4, 0.5) is 0 Å². The highest BCUT2D eigenvalue weighted by Gasteiger charge is 2.15. The first kappa shape index (κ1) is 12.1. The topological polar surface area (TPSA) is 41.1 Å². The molecule has 1 aliphatic rings. The predicted octanol–water partition coefficient (Wildman–Crippen LogP) is 2.60. The van der Waals surface area contributed by atoms with Crippen LogP contribution in [-0.2, 0) is 0 Å². The molecule has 3 heteroatoms. The summed E-state index contributed by atoms with van der Waals surface area (Å²) in [5.41, 5.74) is 7.30. The van der Waals surface area contributed by atoms with Crippen molar-refractivity contribution in [2.24, 2.45) is 0 Å². The van der Waals surface area contributed by atoms with Gasteiger partial charge in [-0.25, -0.2) is 5.43 Å². The van der Waals surface area contributed by atoms with Gasteiger partial charge in [0, 0.05) is 12.6 Å². The van der Waals surface area contributed by atoms with Gasteiger partial charge in [-0.2, -0.15) is 0 Å². The molecule has 2 rings (SSSR count). The Labute approximate surface area is 103 Å². The quantitative estimate of drug-likeness (QED) is 0.786. The molecule has 17 heavy (non-hydrogen) atoms. The Morgan fingerprint density at radius 2 is 1.76 bits per heavy atom. The fraction of sp³-hybridized carbons (Fsp3) is 0.500. The highest BCUT2D eigenvalue weighted by atomic mass is 16.2. The van der Waals surface area contributed by atoms with E-state index in [0.29, 0.717) is 11.5 Å². The number of hydrogen-bond acceptors (Lipinski definition) is 2. The fourth-order valence-electron chi connectivity index (χ4n) is 2.53. The van der Waals surface area contributed by atoms with Gasteiger partial charge in [-0.3, -0.25) is 10.2 Å². The molecule has 0 spiro atoms. The van der Waals surface area contributed by atoms with Crippen molar-refractivity contribution in [2.75, 3.05) is 7.05 Å². The standard InChI is InChI=1S/C14H20N2O/c1-15-16-14(17)13-9-7-12(8-10-13)11-5-3-2-4-6-11/h7-11,15H,2-6H2,1H3,(H,16,17). The molecule has 1 aromatic rings. The van der Waals surface area contributed by atoms with Gasteiger partial charge in [0.15, 0.2) is 0 Å². The third kappa shape index (κ3) is 3.07. The Hall–Kier alpha value is -1.35. The maximum Gasteiger partial charge on any atom is 0.265 e. The lowest BCUT2D eigenvalue weighted by molar-refractivity contribution is 0.0938. The highest BCUT2D eigenvalue weighted by Crippen LogP contribution is 2.32. The summed E-state index contributed by atoms with van der Waals surface area (Å²) in [6, 6.07) is 8.02. The molecule has 0 heterocycles. The minimum absolute atomic E-state index is 0.0808. The van der Waals surface area contributed by atoms with E-state index in [4.69, 9.17) is 0 Å². The van der Waals surface area contributed by atoms with Gasteiger partial charge in [0.25, 0.3) is 5.91 Å². The van der Waals surface area contributed by atoms with E-state index >= 15 is 0 Å². The number of carbonyl (C=O) groups is 1. The molecule has 0 aromatic heterocycles. The lowest BCUT2D eigenvalue weighted by atomic mass is 9.84. The van der Waals surface area contributed by atoms with Gasteiger partial charge in [-0.05, 0) is 36.5 Å². The zero-order chi connectivity index (χ0) is 12.1. The molecule has 0 atom stereocenters.